The average molecular weight is 307 g/mol. The molecule has 118 valence electrons. The van der Waals surface area contributed by atoms with Crippen molar-refractivity contribution >= 4 is 23.3 Å². The molecule has 0 saturated heterocycles. The van der Waals surface area contributed by atoms with E-state index in [9.17, 15) is 19.7 Å². The zero-order valence-corrected chi connectivity index (χ0v) is 11.9. The lowest BCUT2D eigenvalue weighted by Gasteiger charge is -2.20. The first-order chi connectivity index (χ1) is 10.5. The number of carbonyl (C=O) groups excluding carboxylic acids is 1. The fourth-order valence-corrected chi connectivity index (χ4v) is 2.18. The largest absolute Gasteiger partial charge is 0.480 e. The fourth-order valence-electron chi connectivity index (χ4n) is 2.18. The van der Waals surface area contributed by atoms with E-state index in [4.69, 9.17) is 5.11 Å². The summed E-state index contributed by atoms with van der Waals surface area (Å²) in [5.74, 6) is -1.29. The molecule has 1 aliphatic rings. The minimum Gasteiger partial charge on any atom is -0.480 e. The highest BCUT2D eigenvalue weighted by Gasteiger charge is 2.33. The van der Waals surface area contributed by atoms with Crippen molar-refractivity contribution in [2.45, 2.75) is 25.3 Å². The number of anilines is 1. The van der Waals surface area contributed by atoms with Crippen molar-refractivity contribution in [2.75, 3.05) is 18.4 Å². The zero-order valence-electron chi connectivity index (χ0n) is 11.9. The second-order valence-corrected chi connectivity index (χ2v) is 5.10. The molecule has 8 heteroatoms. The molecule has 1 aromatic rings. The number of nitro benzene ring substituents is 1. The second-order valence-electron chi connectivity index (χ2n) is 5.10. The van der Waals surface area contributed by atoms with E-state index < -0.39 is 10.9 Å². The van der Waals surface area contributed by atoms with Gasteiger partial charge in [-0.1, -0.05) is 12.1 Å². The third kappa shape index (κ3) is 4.18. The fraction of sp³-hybridized carbons (Fsp3) is 0.429. The van der Waals surface area contributed by atoms with Gasteiger partial charge in [-0.15, -0.1) is 0 Å². The van der Waals surface area contributed by atoms with Crippen molar-refractivity contribution in [1.29, 1.82) is 0 Å². The summed E-state index contributed by atoms with van der Waals surface area (Å²) in [6.07, 6.45) is 1.75. The van der Waals surface area contributed by atoms with Crippen LogP contribution in [-0.4, -0.2) is 45.9 Å². The molecule has 8 nitrogen and oxygen atoms in total. The van der Waals surface area contributed by atoms with Crippen LogP contribution in [0.4, 0.5) is 11.4 Å². The summed E-state index contributed by atoms with van der Waals surface area (Å²) in [6, 6.07) is 6.20. The molecule has 22 heavy (non-hydrogen) atoms. The van der Waals surface area contributed by atoms with Crippen LogP contribution < -0.4 is 5.32 Å². The number of hydrogen-bond donors (Lipinski definition) is 2. The first-order valence-electron chi connectivity index (χ1n) is 6.97. The van der Waals surface area contributed by atoms with E-state index >= 15 is 0 Å². The number of benzene rings is 1. The third-order valence-corrected chi connectivity index (χ3v) is 3.37. The molecule has 0 aromatic heterocycles. The van der Waals surface area contributed by atoms with Gasteiger partial charge in [0.15, 0.2) is 0 Å². The lowest BCUT2D eigenvalue weighted by molar-refractivity contribution is -0.384. The van der Waals surface area contributed by atoms with Gasteiger partial charge in [0.05, 0.1) is 4.92 Å². The number of carboxylic acid groups (broad SMARTS) is 1. The lowest BCUT2D eigenvalue weighted by Crippen LogP contribution is -2.38. The Bertz CT molecular complexity index is 586. The van der Waals surface area contributed by atoms with Crippen molar-refractivity contribution in [1.82, 2.24) is 4.90 Å². The van der Waals surface area contributed by atoms with Gasteiger partial charge in [0.1, 0.15) is 12.2 Å². The Labute approximate surface area is 126 Å². The molecular weight excluding hydrogens is 290 g/mol. The normalized spacial score (nSPS) is 13.5. The Morgan fingerprint density at radius 3 is 2.64 bits per heavy atom. The minimum atomic E-state index is -1.04. The van der Waals surface area contributed by atoms with Crippen LogP contribution in [0.1, 0.15) is 19.3 Å². The predicted molar refractivity (Wildman–Crippen MR) is 78.6 cm³/mol. The summed E-state index contributed by atoms with van der Waals surface area (Å²) >= 11 is 0. The van der Waals surface area contributed by atoms with Crippen LogP contribution in [-0.2, 0) is 9.59 Å². The number of rotatable bonds is 8. The molecule has 1 saturated carbocycles. The quantitative estimate of drug-likeness (QED) is 0.555. The molecule has 2 N–H and O–H groups in total. The highest BCUT2D eigenvalue weighted by molar-refractivity contribution is 5.82. The van der Waals surface area contributed by atoms with Gasteiger partial charge in [-0.3, -0.25) is 19.7 Å². The van der Waals surface area contributed by atoms with E-state index in [0.717, 1.165) is 12.8 Å². The number of carbonyl (C=O) groups is 2. The van der Waals surface area contributed by atoms with Crippen molar-refractivity contribution in [3.05, 3.63) is 34.4 Å². The Balaban J connectivity index is 1.89. The van der Waals surface area contributed by atoms with Gasteiger partial charge in [0, 0.05) is 25.1 Å². The molecule has 2 rings (SSSR count). The van der Waals surface area contributed by atoms with Gasteiger partial charge >= 0.3 is 5.97 Å². The SMILES string of the molecule is O=C(O)CN(C(=O)CCNc1ccccc1[N+](=O)[O-])C1CC1. The van der Waals surface area contributed by atoms with E-state index in [0.29, 0.717) is 5.69 Å². The van der Waals surface area contributed by atoms with Crippen molar-refractivity contribution in [3.8, 4) is 0 Å². The summed E-state index contributed by atoms with van der Waals surface area (Å²) in [5.41, 5.74) is 0.288. The smallest absolute Gasteiger partial charge is 0.323 e. The van der Waals surface area contributed by atoms with Gasteiger partial charge in [0.2, 0.25) is 5.91 Å². The molecular formula is C14H17N3O5. The molecule has 0 spiro atoms. The first-order valence-corrected chi connectivity index (χ1v) is 6.97. The van der Waals surface area contributed by atoms with Crippen LogP contribution in [0.15, 0.2) is 24.3 Å². The number of nitrogens with one attached hydrogen (secondary N) is 1. The van der Waals surface area contributed by atoms with Gasteiger partial charge in [-0.2, -0.15) is 0 Å². The van der Waals surface area contributed by atoms with Crippen LogP contribution in [0.2, 0.25) is 0 Å². The molecule has 1 aromatic carbocycles. The molecule has 1 aliphatic carbocycles. The summed E-state index contributed by atoms with van der Waals surface area (Å²) in [5, 5.41) is 22.6. The average Bonchev–Trinajstić information content (AvgIpc) is 3.29. The number of nitrogens with zero attached hydrogens (tertiary/aromatic N) is 2. The predicted octanol–water partition coefficient (Wildman–Crippen LogP) is 1.47. The topological polar surface area (TPSA) is 113 Å². The highest BCUT2D eigenvalue weighted by Crippen LogP contribution is 2.27. The molecule has 0 heterocycles. The Morgan fingerprint density at radius 1 is 1.36 bits per heavy atom. The molecule has 1 fully saturated rings. The summed E-state index contributed by atoms with van der Waals surface area (Å²) < 4.78 is 0. The Kier molecular flexibility index (Phi) is 4.92. The van der Waals surface area contributed by atoms with Gasteiger partial charge in [0.25, 0.3) is 5.69 Å². The molecule has 0 bridgehead atoms. The van der Waals surface area contributed by atoms with E-state index in [2.05, 4.69) is 5.32 Å². The Morgan fingerprint density at radius 2 is 2.05 bits per heavy atom. The highest BCUT2D eigenvalue weighted by atomic mass is 16.6. The van der Waals surface area contributed by atoms with Crippen molar-refractivity contribution < 1.29 is 19.6 Å². The molecule has 0 atom stereocenters. The van der Waals surface area contributed by atoms with Crippen LogP contribution in [0, 0.1) is 10.1 Å². The number of amides is 1. The third-order valence-electron chi connectivity index (χ3n) is 3.37. The van der Waals surface area contributed by atoms with Gasteiger partial charge < -0.3 is 15.3 Å². The number of aliphatic carboxylic acids is 1. The van der Waals surface area contributed by atoms with Crippen molar-refractivity contribution in [3.63, 3.8) is 0 Å². The summed E-state index contributed by atoms with van der Waals surface area (Å²) in [6.45, 7) is -0.0818. The number of nitro groups is 1. The standard InChI is InChI=1S/C14H17N3O5/c18-13(16(9-14(19)20)10-5-6-10)7-8-15-11-3-1-2-4-12(11)17(21)22/h1-4,10,15H,5-9H2,(H,19,20). The first kappa shape index (κ1) is 15.7. The number of para-hydroxylation sites is 2. The van der Waals surface area contributed by atoms with Crippen LogP contribution in [0.5, 0.6) is 0 Å². The molecule has 0 aliphatic heterocycles. The van der Waals surface area contributed by atoms with E-state index in [-0.39, 0.29) is 37.1 Å². The second kappa shape index (κ2) is 6.88. The maximum absolute atomic E-state index is 12.1. The summed E-state index contributed by atoms with van der Waals surface area (Å²) in [7, 11) is 0. The van der Waals surface area contributed by atoms with Crippen LogP contribution in [0.3, 0.4) is 0 Å². The van der Waals surface area contributed by atoms with Crippen LogP contribution >= 0.6 is 0 Å². The minimum absolute atomic E-state index is 0.0228. The molecule has 0 unspecified atom stereocenters. The van der Waals surface area contributed by atoms with E-state index in [1.165, 1.54) is 11.0 Å². The monoisotopic (exact) mass is 307 g/mol. The number of hydrogen-bond acceptors (Lipinski definition) is 5. The summed E-state index contributed by atoms with van der Waals surface area (Å²) in [4.78, 5) is 34.6. The van der Waals surface area contributed by atoms with E-state index in [1.54, 1.807) is 18.2 Å². The maximum atomic E-state index is 12.1. The molecule has 1 amide bonds. The van der Waals surface area contributed by atoms with Crippen molar-refractivity contribution in [2.24, 2.45) is 0 Å². The van der Waals surface area contributed by atoms with Crippen LogP contribution in [0.25, 0.3) is 0 Å². The van der Waals surface area contributed by atoms with E-state index in [1.807, 2.05) is 0 Å². The molecule has 0 radical (unpaired) electrons. The number of carboxylic acids is 1. The zero-order chi connectivity index (χ0) is 16.1. The van der Waals surface area contributed by atoms with Gasteiger partial charge in [-0.05, 0) is 18.9 Å². The Hall–Kier alpha value is -2.64. The maximum Gasteiger partial charge on any atom is 0.323 e. The van der Waals surface area contributed by atoms with Gasteiger partial charge in [-0.25, -0.2) is 0 Å². The lowest BCUT2D eigenvalue weighted by atomic mass is 10.2.